The van der Waals surface area contributed by atoms with Crippen LogP contribution in [-0.2, 0) is 83.1 Å². The number of carbonyl (C=O) groups excluding carboxylic acids is 1. The standard InChI is InChI=1S/C13H21F2N3O6P2.C12H19F2N3O7P2.C11H17F2N3O8P2.C10H12Cl3F2N3O6P2.C9H11F2N3O4.C8H16OS/c1-25(2,21)7-26(3,22)23-6-8-10(19)13(14,15)11(24-8)18-5-4-9(16)17-12(18)20;1-25(2,20)6-26(21,22)23-5-7-9(18)12(13,14)10(24-7)17-4-3-8(15)16-11(17)19;1-25(19,20)5-26(21,22)23-4-6-8(17)11(12,13)9(24-6)16-3-2-7(14)15-10(16)18;11-25(12,21)4-26(13,22)23-3-5-7(19)10(14,15)8(24-5)18-2-1-6(16)17-9(18)20;10-9(11)6(16)4(3-15)18-7(9)14-2-1-5(12)13-8(14)17;1-5-6-10-7(9)8(2,3)4/h4-5,8,10-11,19H,6-7H2,1-3H3,(H2,16,17,20);3-4,7,9-10,18H,5-6H2,1-2H3,(H,21,22)(H2,15,16,19);2-3,6,8-9,17H,4-5H2,1H3,(H,19,20)(H,21,22)(H2,14,15,18);1-2,5,7-8,19H,3-4H2,(H2,16,17,20);1-2,4,6-7,15-16H,3H2,(H2,12,13,17);5-6H2,1-4H3/t8-,10+,11-,26?;7-,9+,10-;6-,8+,9-;5-,7+,8-,26?;4-,6+,7-;/m11111./s1. The van der Waals surface area contributed by atoms with Crippen molar-refractivity contribution in [2.24, 2.45) is 5.41 Å². The van der Waals surface area contributed by atoms with Crippen LogP contribution in [0, 0.1) is 5.41 Å². The molecule has 20 atom stereocenters. The minimum atomic E-state index is -4.59. The van der Waals surface area contributed by atoms with Crippen molar-refractivity contribution >= 4 is 136 Å². The van der Waals surface area contributed by atoms with Gasteiger partial charge in [-0.25, -0.2) is 24.0 Å². The summed E-state index contributed by atoms with van der Waals surface area (Å²) in [4.78, 5) is 114. The summed E-state index contributed by atoms with van der Waals surface area (Å²) in [6.07, 6.45) is -25.0. The Morgan fingerprint density at radius 3 is 0.894 bits per heavy atom. The molecule has 5 saturated heterocycles. The second kappa shape index (κ2) is 45.3. The molecule has 5 fully saturated rings. The van der Waals surface area contributed by atoms with Crippen molar-refractivity contribution in [3.63, 3.8) is 0 Å². The van der Waals surface area contributed by atoms with Crippen LogP contribution in [0.15, 0.2) is 85.3 Å². The summed E-state index contributed by atoms with van der Waals surface area (Å²) in [5.74, 6) is -25.9. The second-order valence-corrected chi connectivity index (χ2v) is 58.7. The third-order valence-electron chi connectivity index (χ3n) is 17.4. The predicted octanol–water partition coefficient (Wildman–Crippen LogP) is 5.71. The maximum Gasteiger partial charge on any atom is 0.351 e. The van der Waals surface area contributed by atoms with Gasteiger partial charge in [-0.1, -0.05) is 39.5 Å². The molecule has 0 bridgehead atoms. The van der Waals surface area contributed by atoms with Gasteiger partial charge in [-0.3, -0.25) is 55.0 Å². The molecule has 752 valence electrons. The highest BCUT2D eigenvalue weighted by molar-refractivity contribution is 8.14. The second-order valence-electron chi connectivity index (χ2n) is 31.4. The van der Waals surface area contributed by atoms with Crippen molar-refractivity contribution in [3.05, 3.63) is 114 Å². The number of carbonyl (C=O) groups is 1. The minimum Gasteiger partial charge on any atom is -0.394 e. The first-order chi connectivity index (χ1) is 59.8. The van der Waals surface area contributed by atoms with Gasteiger partial charge in [0.2, 0.25) is 45.9 Å². The van der Waals surface area contributed by atoms with Gasteiger partial charge in [0.1, 0.15) is 77.3 Å². The number of nitrogens with two attached hydrogens (primary N) is 5. The first kappa shape index (κ1) is 117. The Kier molecular flexibility index (Phi) is 40.2. The Bertz CT molecular complexity index is 5050. The molecule has 5 aliphatic rings. The van der Waals surface area contributed by atoms with Crippen molar-refractivity contribution < 1.29 is 172 Å². The molecule has 0 spiro atoms. The zero-order chi connectivity index (χ0) is 101. The third kappa shape index (κ3) is 33.2. The Hall–Kier alpha value is -5.29. The summed E-state index contributed by atoms with van der Waals surface area (Å²) >= 11 is 17.4. The van der Waals surface area contributed by atoms with Crippen molar-refractivity contribution in [1.82, 2.24) is 47.8 Å². The van der Waals surface area contributed by atoms with Gasteiger partial charge in [-0.05, 0) is 97.1 Å². The highest BCUT2D eigenvalue weighted by Gasteiger charge is 2.65. The molecule has 0 aromatic carbocycles. The van der Waals surface area contributed by atoms with Gasteiger partial charge in [0.05, 0.1) is 53.2 Å². The Labute approximate surface area is 758 Å². The average molecular weight is 2150 g/mol. The molecular weight excluding hydrogens is 2050 g/mol. The summed E-state index contributed by atoms with van der Waals surface area (Å²) in [6, 6.07) is 5.54. The molecule has 0 saturated carbocycles. The topological polar surface area (TPSA) is 723 Å². The molecule has 5 unspecified atom stereocenters. The number of alkyl halides is 10. The highest BCUT2D eigenvalue weighted by Crippen LogP contribution is 2.71. The van der Waals surface area contributed by atoms with Crippen LogP contribution < -0.4 is 57.1 Å². The number of hydrogen-bond acceptors (Lipinski definition) is 40. The van der Waals surface area contributed by atoms with Gasteiger partial charge in [-0.15, -0.1) is 0 Å². The molecule has 5 aromatic rings. The van der Waals surface area contributed by atoms with E-state index in [0.717, 1.165) is 80.2 Å². The zero-order valence-electron chi connectivity index (χ0n) is 70.4. The molecule has 132 heavy (non-hydrogen) atoms. The fraction of sp³-hybridized carbons (Fsp3) is 0.667. The van der Waals surface area contributed by atoms with Crippen molar-refractivity contribution in [2.75, 3.05) is 131 Å². The van der Waals surface area contributed by atoms with Crippen LogP contribution in [0.3, 0.4) is 0 Å². The number of aliphatic hydroxyl groups is 6. The SMILES string of the molecule is CCCSC(=O)C(C)(C)C.CP(=O)(O)CP(=O)(O)OC[C@H]1O[C@@H](n2ccc(N)nc2=O)C(F)(F)[C@H]1O.CP(C)(=O)CP(=O)(O)OC[C@H]1O[C@@H](n2ccc(N)nc2=O)C(F)(F)[C@H]1O.CP(C)(=O)CP(C)(=O)OC[C@H]1O[C@@H](n2ccc(N)nc2=O)C(F)(F)[C@H]1O.Nc1ccn([C@@H]2O[C@H](CO)[C@H](O)C2(F)F)c(=O)n1.Nc1ccn([C@@H]2O[C@H](COP(=O)(Cl)CP(=O)(Cl)Cl)[C@H](O)C2(F)F)c(=O)n1. The van der Waals surface area contributed by atoms with Crippen molar-refractivity contribution in [2.45, 2.75) is 156 Å². The highest BCUT2D eigenvalue weighted by atomic mass is 35.9. The van der Waals surface area contributed by atoms with Gasteiger partial charge in [-0.2, -0.15) is 68.8 Å². The third-order valence-corrected chi connectivity index (χ3v) is 39.5. The molecule has 10 heterocycles. The number of anilines is 5. The lowest BCUT2D eigenvalue weighted by Gasteiger charge is -2.21. The number of aliphatic hydroxyl groups excluding tert-OH is 6. The fourth-order valence-electron chi connectivity index (χ4n) is 11.5. The van der Waals surface area contributed by atoms with Crippen LogP contribution in [0.4, 0.5) is 73.0 Å². The zero-order valence-corrected chi connectivity index (χ0v) is 80.6. The first-order valence-corrected chi connectivity index (χ1v) is 58.3. The number of nitrogens with zero attached hydrogens (tertiary/aromatic N) is 10. The predicted molar refractivity (Wildman–Crippen MR) is 457 cm³/mol. The van der Waals surface area contributed by atoms with Gasteiger partial charge < -0.3 is 125 Å². The van der Waals surface area contributed by atoms with E-state index >= 15 is 0 Å². The molecular formula is C63H96Cl3F10N15O32P8S. The largest absolute Gasteiger partial charge is 0.394 e. The molecule has 69 heteroatoms. The number of hydrogen-bond donors (Lipinski definition) is 14. The van der Waals surface area contributed by atoms with E-state index in [1.54, 1.807) is 0 Å². The smallest absolute Gasteiger partial charge is 0.351 e. The van der Waals surface area contributed by atoms with Crippen molar-refractivity contribution in [3.8, 4) is 0 Å². The van der Waals surface area contributed by atoms with Crippen LogP contribution >= 0.6 is 102 Å². The minimum absolute atomic E-state index is 0.114. The van der Waals surface area contributed by atoms with Crippen LogP contribution in [0.5, 0.6) is 0 Å². The number of nitrogen functional groups attached to an aromatic ring is 5. The van der Waals surface area contributed by atoms with Crippen LogP contribution in [-0.4, -0.2) is 291 Å². The lowest BCUT2D eigenvalue weighted by atomic mass is 10.00. The molecule has 0 aliphatic carbocycles. The number of thioether (sulfide) groups is 1. The molecule has 5 aliphatic heterocycles. The van der Waals surface area contributed by atoms with Gasteiger partial charge in [0.25, 0.3) is 12.6 Å². The van der Waals surface area contributed by atoms with Crippen molar-refractivity contribution in [1.29, 1.82) is 0 Å². The normalized spacial score (nSPS) is 27.5. The van der Waals surface area contributed by atoms with Crippen LogP contribution in [0.25, 0.3) is 0 Å². The van der Waals surface area contributed by atoms with Crippen LogP contribution in [0.1, 0.15) is 65.3 Å². The van der Waals surface area contributed by atoms with Gasteiger partial charge in [0, 0.05) is 55.5 Å². The fourth-order valence-corrected chi connectivity index (χ4v) is 32.9. The van der Waals surface area contributed by atoms with E-state index in [1.807, 2.05) is 20.8 Å². The van der Waals surface area contributed by atoms with E-state index in [1.165, 1.54) is 45.1 Å². The average Bonchev–Trinajstić information content (AvgIpc) is 1.64. The lowest BCUT2D eigenvalue weighted by molar-refractivity contribution is -0.141. The Balaban J connectivity index is 0.000000285. The van der Waals surface area contributed by atoms with E-state index < -0.39 is 258 Å². The Morgan fingerprint density at radius 1 is 0.432 bits per heavy atom. The summed E-state index contributed by atoms with van der Waals surface area (Å²) in [7, 11) is -21.8. The van der Waals surface area contributed by atoms with E-state index in [2.05, 4.69) is 40.9 Å². The van der Waals surface area contributed by atoms with E-state index in [9.17, 15) is 145 Å². The summed E-state index contributed by atoms with van der Waals surface area (Å²) in [6.45, 7) is 7.18. The molecule has 47 nitrogen and oxygen atoms in total. The molecule has 0 radical (unpaired) electrons. The summed E-state index contributed by atoms with van der Waals surface area (Å²) in [5.41, 5.74) is 20.7. The number of aromatic nitrogens is 10. The number of ether oxygens (including phenoxy) is 5. The van der Waals surface area contributed by atoms with E-state index in [4.69, 9.17) is 105 Å². The van der Waals surface area contributed by atoms with E-state index in [0.29, 0.717) is 28.0 Å². The maximum absolute atomic E-state index is 14.3. The molecule has 5 aromatic heterocycles. The summed E-state index contributed by atoms with van der Waals surface area (Å²) < 4.78 is 281. The quantitative estimate of drug-likeness (QED) is 0.0210. The molecule has 0 amide bonds. The maximum atomic E-state index is 14.3. The summed E-state index contributed by atoms with van der Waals surface area (Å²) in [5, 5.41) is 57.5. The number of halogens is 13. The monoisotopic (exact) mass is 2150 g/mol. The number of rotatable bonds is 28. The Morgan fingerprint density at radius 2 is 0.674 bits per heavy atom. The van der Waals surface area contributed by atoms with Gasteiger partial charge in [0.15, 0.2) is 35.6 Å². The molecule has 10 rings (SSSR count). The lowest BCUT2D eigenvalue weighted by Crippen LogP contribution is -2.41. The molecule has 19 N–H and O–H groups in total. The van der Waals surface area contributed by atoms with E-state index in [-0.39, 0.29) is 40.4 Å². The first-order valence-electron chi connectivity index (χ1n) is 37.3. The van der Waals surface area contributed by atoms with Crippen LogP contribution in [0.2, 0.25) is 0 Å². The van der Waals surface area contributed by atoms with Gasteiger partial charge >= 0.3 is 73.3 Å².